The lowest BCUT2D eigenvalue weighted by molar-refractivity contribution is -0.124. The quantitative estimate of drug-likeness (QED) is 0.827. The Balaban J connectivity index is 2.22. The minimum absolute atomic E-state index is 0.189. The summed E-state index contributed by atoms with van der Waals surface area (Å²) >= 11 is 5.87. The van der Waals surface area contributed by atoms with Crippen LogP contribution in [-0.2, 0) is 14.3 Å². The molecule has 0 spiro atoms. The monoisotopic (exact) mass is 312 g/mol. The van der Waals surface area contributed by atoms with Gasteiger partial charge in [0.1, 0.15) is 5.54 Å². The van der Waals surface area contributed by atoms with Crippen LogP contribution < -0.4 is 11.1 Å². The molecule has 2 rings (SSSR count). The molecule has 7 heteroatoms. The van der Waals surface area contributed by atoms with Crippen LogP contribution in [0, 0.1) is 0 Å². The number of carbonyl (C=O) groups excluding carboxylic acids is 2. The molecule has 21 heavy (non-hydrogen) atoms. The van der Waals surface area contributed by atoms with E-state index in [0.29, 0.717) is 36.8 Å². The number of methoxy groups -OCH3 is 1. The van der Waals surface area contributed by atoms with Crippen LogP contribution >= 0.6 is 11.6 Å². The maximum absolute atomic E-state index is 12.4. The average molecular weight is 313 g/mol. The van der Waals surface area contributed by atoms with Crippen molar-refractivity contribution in [1.29, 1.82) is 0 Å². The van der Waals surface area contributed by atoms with Gasteiger partial charge in [-0.05, 0) is 31.0 Å². The van der Waals surface area contributed by atoms with Crippen LogP contribution in [0.3, 0.4) is 0 Å². The molecular formula is C14H17ClN2O4. The van der Waals surface area contributed by atoms with E-state index in [1.54, 1.807) is 12.1 Å². The third-order valence-electron chi connectivity index (χ3n) is 3.47. The first-order chi connectivity index (χ1) is 9.96. The Kier molecular flexibility index (Phi) is 4.82. The molecule has 1 aromatic rings. The van der Waals surface area contributed by atoms with E-state index in [1.807, 2.05) is 0 Å². The van der Waals surface area contributed by atoms with Crippen molar-refractivity contribution in [2.24, 2.45) is 5.73 Å². The van der Waals surface area contributed by atoms with Crippen molar-refractivity contribution in [3.8, 4) is 0 Å². The van der Waals surface area contributed by atoms with Gasteiger partial charge >= 0.3 is 5.97 Å². The molecule has 0 aliphatic carbocycles. The van der Waals surface area contributed by atoms with Gasteiger partial charge in [-0.3, -0.25) is 4.79 Å². The second-order valence-corrected chi connectivity index (χ2v) is 5.34. The topological polar surface area (TPSA) is 90.7 Å². The van der Waals surface area contributed by atoms with Crippen LogP contribution in [0.5, 0.6) is 0 Å². The van der Waals surface area contributed by atoms with Crippen molar-refractivity contribution in [3.05, 3.63) is 28.8 Å². The smallest absolute Gasteiger partial charge is 0.340 e. The highest BCUT2D eigenvalue weighted by Gasteiger charge is 2.36. The molecule has 0 unspecified atom stereocenters. The molecule has 0 saturated carbocycles. The van der Waals surface area contributed by atoms with E-state index < -0.39 is 11.5 Å². The minimum atomic E-state index is -0.995. The fraction of sp³-hybridized carbons (Fsp3) is 0.429. The SMILES string of the molecule is COC(=O)c1cc(Cl)ccc1NC(=O)C1(N)CCOCC1. The molecule has 0 aromatic heterocycles. The number of esters is 1. The van der Waals surface area contributed by atoms with Crippen LogP contribution in [0.25, 0.3) is 0 Å². The molecule has 6 nitrogen and oxygen atoms in total. The molecule has 1 saturated heterocycles. The molecule has 0 radical (unpaired) electrons. The van der Waals surface area contributed by atoms with Crippen molar-refractivity contribution in [1.82, 2.24) is 0 Å². The number of nitrogens with one attached hydrogen (secondary N) is 1. The van der Waals surface area contributed by atoms with E-state index in [0.717, 1.165) is 0 Å². The lowest BCUT2D eigenvalue weighted by Gasteiger charge is -2.31. The van der Waals surface area contributed by atoms with E-state index >= 15 is 0 Å². The molecule has 1 amide bonds. The fourth-order valence-electron chi connectivity index (χ4n) is 2.11. The van der Waals surface area contributed by atoms with Gasteiger partial charge in [0.25, 0.3) is 0 Å². The van der Waals surface area contributed by atoms with Gasteiger partial charge in [0.2, 0.25) is 5.91 Å². The molecule has 114 valence electrons. The van der Waals surface area contributed by atoms with Gasteiger partial charge in [-0.25, -0.2) is 4.79 Å². The van der Waals surface area contributed by atoms with E-state index in [-0.39, 0.29) is 11.5 Å². The Hall–Kier alpha value is -1.63. The summed E-state index contributed by atoms with van der Waals surface area (Å²) in [6, 6.07) is 4.57. The zero-order chi connectivity index (χ0) is 15.5. The zero-order valence-electron chi connectivity index (χ0n) is 11.6. The summed E-state index contributed by atoms with van der Waals surface area (Å²) in [5.74, 6) is -0.927. The first kappa shape index (κ1) is 15.8. The molecule has 1 aliphatic heterocycles. The summed E-state index contributed by atoms with van der Waals surface area (Å²) in [5, 5.41) is 3.06. The Bertz CT molecular complexity index is 556. The highest BCUT2D eigenvalue weighted by Crippen LogP contribution is 2.24. The standard InChI is InChI=1S/C14H17ClN2O4/c1-20-12(18)10-8-9(15)2-3-11(10)17-13(19)14(16)4-6-21-7-5-14/h2-3,8H,4-7,16H2,1H3,(H,17,19). The van der Waals surface area contributed by atoms with Crippen molar-refractivity contribution in [3.63, 3.8) is 0 Å². The summed E-state index contributed by atoms with van der Waals surface area (Å²) in [5.41, 5.74) is 5.63. The Labute approximate surface area is 127 Å². The van der Waals surface area contributed by atoms with Crippen LogP contribution in [-0.4, -0.2) is 37.7 Å². The number of ether oxygens (including phenoxy) is 2. The number of benzene rings is 1. The van der Waals surface area contributed by atoms with E-state index in [2.05, 4.69) is 10.1 Å². The number of nitrogens with two attached hydrogens (primary N) is 1. The summed E-state index contributed by atoms with van der Waals surface area (Å²) in [4.78, 5) is 24.1. The predicted molar refractivity (Wildman–Crippen MR) is 78.4 cm³/mol. The molecule has 1 fully saturated rings. The summed E-state index contributed by atoms with van der Waals surface area (Å²) in [7, 11) is 1.26. The summed E-state index contributed by atoms with van der Waals surface area (Å²) in [6.07, 6.45) is 0.861. The molecule has 0 atom stereocenters. The van der Waals surface area contributed by atoms with Crippen molar-refractivity contribution in [2.75, 3.05) is 25.6 Å². The number of carbonyl (C=O) groups is 2. The van der Waals surface area contributed by atoms with Gasteiger partial charge in [0.05, 0.1) is 18.4 Å². The largest absolute Gasteiger partial charge is 0.465 e. The Morgan fingerprint density at radius 2 is 2.05 bits per heavy atom. The first-order valence-corrected chi connectivity index (χ1v) is 6.90. The molecule has 1 heterocycles. The molecule has 1 aromatic carbocycles. The van der Waals surface area contributed by atoms with Gasteiger partial charge in [0.15, 0.2) is 0 Å². The maximum atomic E-state index is 12.4. The van der Waals surface area contributed by atoms with Crippen LogP contribution in [0.1, 0.15) is 23.2 Å². The molecule has 1 aliphatic rings. The van der Waals surface area contributed by atoms with Crippen molar-refractivity contribution >= 4 is 29.2 Å². The number of halogens is 1. The molecule has 0 bridgehead atoms. The lowest BCUT2D eigenvalue weighted by atomic mass is 9.90. The maximum Gasteiger partial charge on any atom is 0.340 e. The predicted octanol–water partition coefficient (Wildman–Crippen LogP) is 1.57. The van der Waals surface area contributed by atoms with Crippen molar-refractivity contribution in [2.45, 2.75) is 18.4 Å². The molecular weight excluding hydrogens is 296 g/mol. The van der Waals surface area contributed by atoms with E-state index in [4.69, 9.17) is 22.1 Å². The van der Waals surface area contributed by atoms with Crippen LogP contribution in [0.2, 0.25) is 5.02 Å². The number of anilines is 1. The van der Waals surface area contributed by atoms with Crippen LogP contribution in [0.4, 0.5) is 5.69 Å². The van der Waals surface area contributed by atoms with Gasteiger partial charge in [-0.15, -0.1) is 0 Å². The third kappa shape index (κ3) is 3.53. The zero-order valence-corrected chi connectivity index (χ0v) is 12.4. The van der Waals surface area contributed by atoms with E-state index in [1.165, 1.54) is 13.2 Å². The van der Waals surface area contributed by atoms with Gasteiger partial charge < -0.3 is 20.5 Å². The van der Waals surface area contributed by atoms with Gasteiger partial charge in [-0.1, -0.05) is 11.6 Å². The second-order valence-electron chi connectivity index (χ2n) is 4.90. The van der Waals surface area contributed by atoms with Gasteiger partial charge in [0, 0.05) is 18.2 Å². The van der Waals surface area contributed by atoms with E-state index in [9.17, 15) is 9.59 Å². The van der Waals surface area contributed by atoms with Crippen LogP contribution in [0.15, 0.2) is 18.2 Å². The highest BCUT2D eigenvalue weighted by molar-refractivity contribution is 6.31. The summed E-state index contributed by atoms with van der Waals surface area (Å²) in [6.45, 7) is 0.878. The Morgan fingerprint density at radius 1 is 1.38 bits per heavy atom. The summed E-state index contributed by atoms with van der Waals surface area (Å²) < 4.78 is 9.89. The van der Waals surface area contributed by atoms with Crippen molar-refractivity contribution < 1.29 is 19.1 Å². The minimum Gasteiger partial charge on any atom is -0.465 e. The highest BCUT2D eigenvalue weighted by atomic mass is 35.5. The third-order valence-corrected chi connectivity index (χ3v) is 3.71. The first-order valence-electron chi connectivity index (χ1n) is 6.52. The van der Waals surface area contributed by atoms with Gasteiger partial charge in [-0.2, -0.15) is 0 Å². The Morgan fingerprint density at radius 3 is 2.67 bits per heavy atom. The second kappa shape index (κ2) is 6.43. The number of hydrogen-bond acceptors (Lipinski definition) is 5. The fourth-order valence-corrected chi connectivity index (χ4v) is 2.29. The number of hydrogen-bond donors (Lipinski definition) is 2. The normalized spacial score (nSPS) is 17.1. The molecule has 3 N–H and O–H groups in total. The number of amides is 1. The lowest BCUT2D eigenvalue weighted by Crippen LogP contribution is -2.54. The average Bonchev–Trinajstić information content (AvgIpc) is 2.49. The number of rotatable bonds is 3.